The van der Waals surface area contributed by atoms with Gasteiger partial charge in [0.1, 0.15) is 6.61 Å². The number of likely N-dealkylation sites (N-methyl/N-ethyl adjacent to an activating group) is 1. The van der Waals surface area contributed by atoms with Crippen molar-refractivity contribution in [3.05, 3.63) is 82.6 Å². The Morgan fingerprint density at radius 3 is 2.73 bits per heavy atom. The van der Waals surface area contributed by atoms with Gasteiger partial charge < -0.3 is 9.64 Å². The first-order valence-corrected chi connectivity index (χ1v) is 10.6. The van der Waals surface area contributed by atoms with E-state index in [9.17, 15) is 4.79 Å². The van der Waals surface area contributed by atoms with E-state index in [0.717, 1.165) is 21.3 Å². The number of benzene rings is 1. The summed E-state index contributed by atoms with van der Waals surface area (Å²) in [6, 6.07) is 9.36. The molecule has 1 aromatic carbocycles. The summed E-state index contributed by atoms with van der Waals surface area (Å²) in [4.78, 5) is 23.9. The van der Waals surface area contributed by atoms with E-state index in [0.29, 0.717) is 24.6 Å². The summed E-state index contributed by atoms with van der Waals surface area (Å²) in [6.07, 6.45) is 6.79. The maximum atomic E-state index is 13.4. The van der Waals surface area contributed by atoms with Crippen molar-refractivity contribution in [1.82, 2.24) is 9.88 Å². The Morgan fingerprint density at radius 1 is 1.33 bits per heavy atom. The molecule has 0 aliphatic rings. The Kier molecular flexibility index (Phi) is 8.99. The Morgan fingerprint density at radius 2 is 2.10 bits per heavy atom. The van der Waals surface area contributed by atoms with Crippen molar-refractivity contribution < 1.29 is 9.53 Å². The Hall–Kier alpha value is -2.73. The van der Waals surface area contributed by atoms with Gasteiger partial charge in [0.05, 0.1) is 6.04 Å². The van der Waals surface area contributed by atoms with Crippen molar-refractivity contribution >= 4 is 27.5 Å². The van der Waals surface area contributed by atoms with Crippen LogP contribution in [0.15, 0.2) is 70.9 Å². The van der Waals surface area contributed by atoms with E-state index in [1.165, 1.54) is 0 Å². The molecule has 0 saturated heterocycles. The zero-order valence-electron chi connectivity index (χ0n) is 17.9. The van der Waals surface area contributed by atoms with Crippen LogP contribution in [0.2, 0.25) is 0 Å². The Labute approximate surface area is 187 Å². The van der Waals surface area contributed by atoms with Gasteiger partial charge in [0, 0.05) is 46.3 Å². The predicted octanol–water partition coefficient (Wildman–Crippen LogP) is 5.59. The molecule has 0 N–H and O–H groups in total. The summed E-state index contributed by atoms with van der Waals surface area (Å²) < 4.78 is 6.67. The normalized spacial score (nSPS) is 12.6. The fourth-order valence-electron chi connectivity index (χ4n) is 2.98. The molecule has 6 heteroatoms. The molecule has 0 saturated carbocycles. The van der Waals surface area contributed by atoms with Gasteiger partial charge in [-0.15, -0.1) is 0 Å². The molecule has 0 spiro atoms. The van der Waals surface area contributed by atoms with Gasteiger partial charge in [0.2, 0.25) is 5.88 Å². The quantitative estimate of drug-likeness (QED) is 0.355. The smallest absolute Gasteiger partial charge is 0.254 e. The molecule has 0 aliphatic heterocycles. The van der Waals surface area contributed by atoms with Crippen molar-refractivity contribution in [3.8, 4) is 5.88 Å². The van der Waals surface area contributed by atoms with Crippen LogP contribution in [-0.4, -0.2) is 40.7 Å². The molecule has 1 atom stereocenters. The number of rotatable bonds is 9. The molecule has 0 radical (unpaired) electrons. The highest BCUT2D eigenvalue weighted by atomic mass is 79.9. The maximum Gasteiger partial charge on any atom is 0.254 e. The maximum absolute atomic E-state index is 13.4. The van der Waals surface area contributed by atoms with E-state index in [4.69, 9.17) is 4.74 Å². The van der Waals surface area contributed by atoms with Crippen LogP contribution < -0.4 is 4.74 Å². The largest absolute Gasteiger partial charge is 0.475 e. The number of hydrogen-bond donors (Lipinski definition) is 0. The van der Waals surface area contributed by atoms with E-state index in [2.05, 4.69) is 32.5 Å². The molecule has 5 nitrogen and oxygen atoms in total. The van der Waals surface area contributed by atoms with E-state index in [1.54, 1.807) is 35.5 Å². The minimum atomic E-state index is -0.125. The summed E-state index contributed by atoms with van der Waals surface area (Å²) in [5.41, 5.74) is 3.31. The van der Waals surface area contributed by atoms with E-state index < -0.39 is 0 Å². The first kappa shape index (κ1) is 23.5. The van der Waals surface area contributed by atoms with Crippen LogP contribution in [0.3, 0.4) is 0 Å². The van der Waals surface area contributed by atoms with Crippen LogP contribution in [0, 0.1) is 6.92 Å². The van der Waals surface area contributed by atoms with E-state index in [-0.39, 0.29) is 11.9 Å². The van der Waals surface area contributed by atoms with Crippen molar-refractivity contribution in [2.45, 2.75) is 33.7 Å². The lowest BCUT2D eigenvalue weighted by Crippen LogP contribution is -2.42. The topological polar surface area (TPSA) is 54.8 Å². The van der Waals surface area contributed by atoms with Crippen LogP contribution >= 0.6 is 15.9 Å². The SMILES string of the molecule is C=C/C=C\N=C(/C)c1cc(C)ccc1C(=O)N(CC)C(C)COc1ccc(Br)cn1. The number of aromatic nitrogens is 1. The third kappa shape index (κ3) is 6.39. The van der Waals surface area contributed by atoms with Crippen molar-refractivity contribution in [2.75, 3.05) is 13.2 Å². The number of hydrogen-bond acceptors (Lipinski definition) is 4. The molecule has 1 unspecified atom stereocenters. The van der Waals surface area contributed by atoms with Crippen LogP contribution in [0.4, 0.5) is 0 Å². The lowest BCUT2D eigenvalue weighted by Gasteiger charge is -2.29. The van der Waals surface area contributed by atoms with Gasteiger partial charge in [0.15, 0.2) is 0 Å². The second-order valence-electron chi connectivity index (χ2n) is 6.91. The summed E-state index contributed by atoms with van der Waals surface area (Å²) in [5, 5.41) is 0. The van der Waals surface area contributed by atoms with Gasteiger partial charge >= 0.3 is 0 Å². The van der Waals surface area contributed by atoms with Crippen molar-refractivity contribution in [1.29, 1.82) is 0 Å². The zero-order chi connectivity index (χ0) is 22.1. The van der Waals surface area contributed by atoms with Gasteiger partial charge in [-0.1, -0.05) is 24.3 Å². The number of carbonyl (C=O) groups is 1. The number of halogens is 1. The first-order chi connectivity index (χ1) is 14.4. The highest BCUT2D eigenvalue weighted by Gasteiger charge is 2.23. The van der Waals surface area contributed by atoms with Crippen LogP contribution in [-0.2, 0) is 0 Å². The average molecular weight is 470 g/mol. The number of aliphatic imine (C=N–C) groups is 1. The molecule has 1 amide bonds. The second-order valence-corrected chi connectivity index (χ2v) is 7.82. The van der Waals surface area contributed by atoms with Crippen LogP contribution in [0.25, 0.3) is 0 Å². The lowest BCUT2D eigenvalue weighted by molar-refractivity contribution is 0.0646. The lowest BCUT2D eigenvalue weighted by atomic mass is 9.99. The van der Waals surface area contributed by atoms with Gasteiger partial charge in [-0.05, 0) is 67.9 Å². The third-order valence-electron chi connectivity index (χ3n) is 4.59. The predicted molar refractivity (Wildman–Crippen MR) is 126 cm³/mol. The second kappa shape index (κ2) is 11.5. The molecule has 2 aromatic rings. The standard InChI is InChI=1S/C24H28BrN3O2/c1-6-8-13-26-19(5)22-14-17(3)9-11-21(22)24(29)28(7-2)18(4)16-30-23-12-10-20(25)15-27-23/h6,8-15,18H,1,7,16H2,2-5H3/b13-8-,26-19+. The minimum absolute atomic E-state index is 0.0467. The number of nitrogens with zero attached hydrogens (tertiary/aromatic N) is 3. The molecular formula is C24H28BrN3O2. The van der Waals surface area contributed by atoms with Crippen molar-refractivity contribution in [2.24, 2.45) is 4.99 Å². The number of pyridine rings is 1. The molecule has 0 fully saturated rings. The summed E-state index contributed by atoms with van der Waals surface area (Å²) in [6.45, 7) is 12.4. The van der Waals surface area contributed by atoms with Gasteiger partial charge in [0.25, 0.3) is 5.91 Å². The van der Waals surface area contributed by atoms with Crippen LogP contribution in [0.5, 0.6) is 5.88 Å². The molecule has 30 heavy (non-hydrogen) atoms. The third-order valence-corrected chi connectivity index (χ3v) is 5.06. The Bertz CT molecular complexity index is 936. The highest BCUT2D eigenvalue weighted by molar-refractivity contribution is 9.10. The van der Waals surface area contributed by atoms with E-state index >= 15 is 0 Å². The number of ether oxygens (including phenoxy) is 1. The van der Waals surface area contributed by atoms with Gasteiger partial charge in [-0.2, -0.15) is 0 Å². The fraction of sp³-hybridized carbons (Fsp3) is 0.292. The zero-order valence-corrected chi connectivity index (χ0v) is 19.5. The molecule has 0 aliphatic carbocycles. The number of carbonyl (C=O) groups excluding carboxylic acids is 1. The Balaban J connectivity index is 2.23. The van der Waals surface area contributed by atoms with Gasteiger partial charge in [-0.3, -0.25) is 9.79 Å². The van der Waals surface area contributed by atoms with E-state index in [1.807, 2.05) is 52.0 Å². The molecule has 1 heterocycles. The summed E-state index contributed by atoms with van der Waals surface area (Å²) >= 11 is 3.36. The highest BCUT2D eigenvalue weighted by Crippen LogP contribution is 2.18. The van der Waals surface area contributed by atoms with Crippen LogP contribution in [0.1, 0.15) is 42.3 Å². The summed E-state index contributed by atoms with van der Waals surface area (Å²) in [7, 11) is 0. The fourth-order valence-corrected chi connectivity index (χ4v) is 3.22. The average Bonchev–Trinajstić information content (AvgIpc) is 2.73. The molecular weight excluding hydrogens is 442 g/mol. The number of amides is 1. The molecule has 2 rings (SSSR count). The van der Waals surface area contributed by atoms with Gasteiger partial charge in [-0.25, -0.2) is 4.98 Å². The number of allylic oxidation sites excluding steroid dienone is 2. The summed E-state index contributed by atoms with van der Waals surface area (Å²) in [5.74, 6) is 0.483. The molecule has 158 valence electrons. The first-order valence-electron chi connectivity index (χ1n) is 9.85. The minimum Gasteiger partial charge on any atom is -0.475 e. The molecule has 1 aromatic heterocycles. The number of aryl methyl sites for hydroxylation is 1. The van der Waals surface area contributed by atoms with Crippen molar-refractivity contribution in [3.63, 3.8) is 0 Å². The monoisotopic (exact) mass is 469 g/mol. The molecule has 0 bridgehead atoms.